The smallest absolute Gasteiger partial charge is 0.245 e. The van der Waals surface area contributed by atoms with Crippen LogP contribution in [0.2, 0.25) is 0 Å². The van der Waals surface area contributed by atoms with Crippen molar-refractivity contribution >= 4 is 11.2 Å². The van der Waals surface area contributed by atoms with Crippen LogP contribution in [-0.4, -0.2) is 26.1 Å². The lowest BCUT2D eigenvalue weighted by Gasteiger charge is -2.04. The highest BCUT2D eigenvalue weighted by Gasteiger charge is 2.13. The Balaban J connectivity index is 2.58. The zero-order chi connectivity index (χ0) is 11.5. The normalized spacial score (nSPS) is 10.9. The number of aromatic nitrogens is 4. The minimum absolute atomic E-state index is 0.574. The Kier molecular flexibility index (Phi) is 3.03. The van der Waals surface area contributed by atoms with Crippen molar-refractivity contribution in [3.05, 3.63) is 12.2 Å². The molecule has 2 aromatic rings. The largest absolute Gasteiger partial charge is 0.476 e. The first-order chi connectivity index (χ1) is 7.77. The molecular weight excluding hydrogens is 204 g/mol. The second-order valence-electron chi connectivity index (χ2n) is 3.59. The molecule has 2 heterocycles. The van der Waals surface area contributed by atoms with Crippen LogP contribution in [0.25, 0.3) is 11.2 Å². The van der Waals surface area contributed by atoms with Crippen LogP contribution >= 0.6 is 0 Å². The molecule has 86 valence electrons. The van der Waals surface area contributed by atoms with Crippen LogP contribution in [0.4, 0.5) is 0 Å². The summed E-state index contributed by atoms with van der Waals surface area (Å²) in [6.45, 7) is 7.56. The molecule has 0 aliphatic rings. The third-order valence-electron chi connectivity index (χ3n) is 2.42. The molecule has 0 saturated carbocycles. The van der Waals surface area contributed by atoms with Gasteiger partial charge >= 0.3 is 0 Å². The summed E-state index contributed by atoms with van der Waals surface area (Å²) in [5.41, 5.74) is 1.62. The number of hydrogen-bond donors (Lipinski definition) is 0. The summed E-state index contributed by atoms with van der Waals surface area (Å²) >= 11 is 0. The van der Waals surface area contributed by atoms with Crippen LogP contribution in [0.5, 0.6) is 5.88 Å². The number of aryl methyl sites for hydroxylation is 2. The second-order valence-corrected chi connectivity index (χ2v) is 3.59. The molecule has 5 nitrogen and oxygen atoms in total. The van der Waals surface area contributed by atoms with Gasteiger partial charge in [-0.1, -0.05) is 6.92 Å². The van der Waals surface area contributed by atoms with E-state index in [1.807, 2.05) is 13.8 Å². The minimum atomic E-state index is 0.574. The van der Waals surface area contributed by atoms with Crippen molar-refractivity contribution in [2.45, 2.75) is 33.7 Å². The molecule has 0 bridgehead atoms. The van der Waals surface area contributed by atoms with Gasteiger partial charge in [-0.25, -0.2) is 9.97 Å². The summed E-state index contributed by atoms with van der Waals surface area (Å²) in [5, 5.41) is 0. The lowest BCUT2D eigenvalue weighted by molar-refractivity contribution is 0.330. The molecule has 0 unspecified atom stereocenters. The molecule has 0 aromatic carbocycles. The third kappa shape index (κ3) is 1.73. The van der Waals surface area contributed by atoms with Crippen LogP contribution in [0.15, 0.2) is 6.33 Å². The standard InChI is InChI=1S/C11H16N4O/c1-4-6-15-8(3)14-9-10(15)12-7-13-11(9)16-5-2/h7H,4-6H2,1-3H3. The maximum atomic E-state index is 5.44. The predicted octanol–water partition coefficient (Wildman–Crippen LogP) is 1.94. The lowest BCUT2D eigenvalue weighted by Crippen LogP contribution is -2.01. The highest BCUT2D eigenvalue weighted by atomic mass is 16.5. The number of fused-ring (bicyclic) bond motifs is 1. The fraction of sp³-hybridized carbons (Fsp3) is 0.545. The van der Waals surface area contributed by atoms with Crippen LogP contribution in [0.1, 0.15) is 26.1 Å². The van der Waals surface area contributed by atoms with Gasteiger partial charge in [-0.15, -0.1) is 0 Å². The van der Waals surface area contributed by atoms with Gasteiger partial charge in [-0.3, -0.25) is 0 Å². The Labute approximate surface area is 94.5 Å². The summed E-state index contributed by atoms with van der Waals surface area (Å²) in [6, 6.07) is 0. The number of nitrogens with zero attached hydrogens (tertiary/aromatic N) is 4. The van der Waals surface area contributed by atoms with Crippen LogP contribution in [-0.2, 0) is 6.54 Å². The van der Waals surface area contributed by atoms with E-state index >= 15 is 0 Å². The van der Waals surface area contributed by atoms with Gasteiger partial charge in [0, 0.05) is 6.54 Å². The van der Waals surface area contributed by atoms with Crippen molar-refractivity contribution in [3.8, 4) is 5.88 Å². The lowest BCUT2D eigenvalue weighted by atomic mass is 10.4. The molecular formula is C11H16N4O. The average molecular weight is 220 g/mol. The van der Waals surface area contributed by atoms with Gasteiger partial charge in [-0.05, 0) is 20.3 Å². The van der Waals surface area contributed by atoms with E-state index in [1.165, 1.54) is 6.33 Å². The average Bonchev–Trinajstić information content (AvgIpc) is 2.59. The van der Waals surface area contributed by atoms with E-state index < -0.39 is 0 Å². The van der Waals surface area contributed by atoms with E-state index in [9.17, 15) is 0 Å². The Bertz CT molecular complexity index is 492. The van der Waals surface area contributed by atoms with E-state index in [0.717, 1.165) is 30.0 Å². The quantitative estimate of drug-likeness (QED) is 0.790. The minimum Gasteiger partial charge on any atom is -0.476 e. The van der Waals surface area contributed by atoms with Crippen LogP contribution < -0.4 is 4.74 Å². The topological polar surface area (TPSA) is 52.8 Å². The highest BCUT2D eigenvalue weighted by Crippen LogP contribution is 2.21. The Hall–Kier alpha value is -1.65. The van der Waals surface area contributed by atoms with Gasteiger partial charge in [0.15, 0.2) is 11.2 Å². The van der Waals surface area contributed by atoms with Gasteiger partial charge in [0.1, 0.15) is 12.2 Å². The maximum absolute atomic E-state index is 5.44. The molecule has 2 aromatic heterocycles. The van der Waals surface area contributed by atoms with E-state index in [-0.39, 0.29) is 0 Å². The van der Waals surface area contributed by atoms with Crippen LogP contribution in [0, 0.1) is 6.92 Å². The monoisotopic (exact) mass is 220 g/mol. The number of hydrogen-bond acceptors (Lipinski definition) is 4. The summed E-state index contributed by atoms with van der Waals surface area (Å²) in [4.78, 5) is 12.8. The molecule has 0 N–H and O–H groups in total. The summed E-state index contributed by atoms with van der Waals surface area (Å²) < 4.78 is 7.54. The Morgan fingerprint density at radius 1 is 1.31 bits per heavy atom. The molecule has 0 aliphatic carbocycles. The molecule has 0 saturated heterocycles. The first kappa shape index (κ1) is 10.9. The third-order valence-corrected chi connectivity index (χ3v) is 2.42. The van der Waals surface area contributed by atoms with Crippen molar-refractivity contribution < 1.29 is 4.74 Å². The van der Waals surface area contributed by atoms with E-state index in [1.54, 1.807) is 0 Å². The van der Waals surface area contributed by atoms with Crippen molar-refractivity contribution in [2.75, 3.05) is 6.61 Å². The zero-order valence-electron chi connectivity index (χ0n) is 9.90. The fourth-order valence-electron chi connectivity index (χ4n) is 1.76. The van der Waals surface area contributed by atoms with Gasteiger partial charge < -0.3 is 9.30 Å². The molecule has 0 aliphatic heterocycles. The molecule has 16 heavy (non-hydrogen) atoms. The number of rotatable bonds is 4. The predicted molar refractivity (Wildman–Crippen MR) is 61.5 cm³/mol. The summed E-state index contributed by atoms with van der Waals surface area (Å²) in [7, 11) is 0. The van der Waals surface area contributed by atoms with Crippen molar-refractivity contribution in [1.29, 1.82) is 0 Å². The van der Waals surface area contributed by atoms with Gasteiger partial charge in [0.25, 0.3) is 0 Å². The van der Waals surface area contributed by atoms with Gasteiger partial charge in [0.2, 0.25) is 5.88 Å². The first-order valence-electron chi connectivity index (χ1n) is 5.58. The molecule has 0 amide bonds. The Morgan fingerprint density at radius 2 is 2.12 bits per heavy atom. The number of ether oxygens (including phenoxy) is 1. The summed E-state index contributed by atoms with van der Waals surface area (Å²) in [6.07, 6.45) is 2.58. The van der Waals surface area contributed by atoms with E-state index in [2.05, 4.69) is 26.4 Å². The molecule has 0 atom stereocenters. The van der Waals surface area contributed by atoms with E-state index in [4.69, 9.17) is 4.74 Å². The van der Waals surface area contributed by atoms with E-state index in [0.29, 0.717) is 12.5 Å². The molecule has 0 radical (unpaired) electrons. The van der Waals surface area contributed by atoms with Crippen molar-refractivity contribution in [3.63, 3.8) is 0 Å². The molecule has 0 fully saturated rings. The molecule has 0 spiro atoms. The SMILES string of the molecule is CCCn1c(C)nc2c(OCC)ncnc21. The molecule has 5 heteroatoms. The second kappa shape index (κ2) is 4.47. The summed E-state index contributed by atoms with van der Waals surface area (Å²) in [5.74, 6) is 1.53. The van der Waals surface area contributed by atoms with Gasteiger partial charge in [0.05, 0.1) is 6.61 Å². The van der Waals surface area contributed by atoms with Crippen molar-refractivity contribution in [1.82, 2.24) is 19.5 Å². The Morgan fingerprint density at radius 3 is 2.81 bits per heavy atom. The maximum Gasteiger partial charge on any atom is 0.245 e. The van der Waals surface area contributed by atoms with Gasteiger partial charge in [-0.2, -0.15) is 4.98 Å². The van der Waals surface area contributed by atoms with Crippen molar-refractivity contribution in [2.24, 2.45) is 0 Å². The number of imidazole rings is 1. The highest BCUT2D eigenvalue weighted by molar-refractivity contribution is 5.76. The molecule has 2 rings (SSSR count). The van der Waals surface area contributed by atoms with Crippen LogP contribution in [0.3, 0.4) is 0 Å². The fourth-order valence-corrected chi connectivity index (χ4v) is 1.76. The zero-order valence-corrected chi connectivity index (χ0v) is 9.90. The first-order valence-corrected chi connectivity index (χ1v) is 5.58.